The van der Waals surface area contributed by atoms with Gasteiger partial charge in [-0.15, -0.1) is 0 Å². The van der Waals surface area contributed by atoms with Gasteiger partial charge in [-0.1, -0.05) is 242 Å². The number of rotatable bonds is 56. The summed E-state index contributed by atoms with van der Waals surface area (Å²) in [6.45, 7) is 4.28. The molecule has 1 aliphatic heterocycles. The molecule has 454 valence electrons. The fraction of sp³-hybridized carbons (Fsp3) is 0.821. The number of esters is 1. The van der Waals surface area contributed by atoms with Crippen molar-refractivity contribution in [2.45, 2.75) is 333 Å². The van der Waals surface area contributed by atoms with E-state index in [0.29, 0.717) is 19.4 Å². The molecular formula is C67H121NO10. The van der Waals surface area contributed by atoms with Gasteiger partial charge in [0.2, 0.25) is 5.91 Å². The Bertz CT molecular complexity index is 1480. The fourth-order valence-electron chi connectivity index (χ4n) is 9.91. The Morgan fingerprint density at radius 1 is 0.474 bits per heavy atom. The molecule has 1 amide bonds. The first-order valence-electron chi connectivity index (χ1n) is 32.6. The van der Waals surface area contributed by atoms with Crippen LogP contribution in [0, 0.1) is 0 Å². The van der Waals surface area contributed by atoms with Gasteiger partial charge in [0.25, 0.3) is 0 Å². The number of unbranched alkanes of at least 4 members (excludes halogenated alkanes) is 34. The van der Waals surface area contributed by atoms with Crippen molar-refractivity contribution in [2.75, 3.05) is 19.8 Å². The van der Waals surface area contributed by atoms with E-state index in [-0.39, 0.29) is 18.5 Å². The second-order valence-electron chi connectivity index (χ2n) is 22.5. The molecule has 7 atom stereocenters. The molecule has 7 unspecified atom stereocenters. The van der Waals surface area contributed by atoms with Crippen molar-refractivity contribution >= 4 is 11.9 Å². The molecule has 0 spiro atoms. The second-order valence-corrected chi connectivity index (χ2v) is 22.5. The molecule has 0 aromatic carbocycles. The Morgan fingerprint density at radius 2 is 0.859 bits per heavy atom. The molecule has 0 bridgehead atoms. The van der Waals surface area contributed by atoms with Gasteiger partial charge in [-0.25, -0.2) is 0 Å². The summed E-state index contributed by atoms with van der Waals surface area (Å²) in [5.41, 5.74) is 0. The zero-order valence-corrected chi connectivity index (χ0v) is 50.1. The second kappa shape index (κ2) is 56.2. The number of aliphatic hydroxyl groups is 5. The molecule has 1 aliphatic rings. The van der Waals surface area contributed by atoms with Crippen LogP contribution in [-0.4, -0.2) is 100 Å². The highest BCUT2D eigenvalue weighted by atomic mass is 16.7. The van der Waals surface area contributed by atoms with E-state index >= 15 is 0 Å². The van der Waals surface area contributed by atoms with Gasteiger partial charge < -0.3 is 45.1 Å². The van der Waals surface area contributed by atoms with Crippen LogP contribution < -0.4 is 5.32 Å². The molecule has 1 rings (SSSR count). The Morgan fingerprint density at radius 3 is 1.31 bits per heavy atom. The van der Waals surface area contributed by atoms with E-state index in [2.05, 4.69) is 67.8 Å². The van der Waals surface area contributed by atoms with Crippen molar-refractivity contribution in [1.82, 2.24) is 5.32 Å². The molecule has 0 aliphatic carbocycles. The van der Waals surface area contributed by atoms with Crippen LogP contribution in [0.25, 0.3) is 0 Å². The minimum atomic E-state index is -1.57. The van der Waals surface area contributed by atoms with Gasteiger partial charge in [0.15, 0.2) is 6.29 Å². The molecule has 0 aromatic rings. The number of nitrogens with one attached hydrogen (secondary N) is 1. The van der Waals surface area contributed by atoms with Crippen LogP contribution in [-0.2, 0) is 23.8 Å². The van der Waals surface area contributed by atoms with E-state index in [1.54, 1.807) is 6.08 Å². The van der Waals surface area contributed by atoms with Gasteiger partial charge in [-0.05, 0) is 96.3 Å². The lowest BCUT2D eigenvalue weighted by molar-refractivity contribution is -0.302. The van der Waals surface area contributed by atoms with Crippen LogP contribution in [0.5, 0.6) is 0 Å². The topological polar surface area (TPSA) is 175 Å². The normalized spacial score (nSPS) is 18.9. The maximum absolute atomic E-state index is 13.0. The first-order chi connectivity index (χ1) is 38.2. The number of allylic oxidation sites excluding steroid dienone is 9. The number of aliphatic hydroxyl groups excluding tert-OH is 5. The van der Waals surface area contributed by atoms with Gasteiger partial charge in [0.05, 0.1) is 32.0 Å². The van der Waals surface area contributed by atoms with Crippen molar-refractivity contribution in [2.24, 2.45) is 0 Å². The first kappa shape index (κ1) is 73.4. The number of amides is 1. The lowest BCUT2D eigenvalue weighted by atomic mass is 9.99. The van der Waals surface area contributed by atoms with E-state index in [1.807, 2.05) is 6.08 Å². The summed E-state index contributed by atoms with van der Waals surface area (Å²) in [7, 11) is 0. The molecule has 1 saturated heterocycles. The molecule has 0 radical (unpaired) electrons. The lowest BCUT2D eigenvalue weighted by Gasteiger charge is -2.40. The van der Waals surface area contributed by atoms with E-state index < -0.39 is 49.5 Å². The SMILES string of the molecule is CCCCCC/C=C\C/C=C\CCCCCCCCCC(=O)OCCCCCCCCCCC/C=C\C/C=C\CCCCCCCCCC(=O)NC(COC1OC(CO)C(O)C(O)C1O)C(O)/C=C/CCCCCCCCC. The largest absolute Gasteiger partial charge is 0.466 e. The standard InChI is InChI=1S/C67H121NO10/c1-3-5-7-9-11-13-14-15-16-17-26-29-32-35-39-43-47-51-55-63(72)76-56-52-48-44-40-36-33-30-27-24-22-20-18-19-21-23-25-28-31-34-38-42-46-50-54-62(71)68-59(60(70)53-49-45-41-37-12-10-8-6-4-2)58-77-67-66(75)65(74)64(73)61(57-69)78-67/h13-14,16-18,20-21,23,49,53,59-61,64-67,69-70,73-75H,3-12,15,19,22,24-48,50-52,54-58H2,1-2H3,(H,68,71)/b14-13-,17-16-,20-18-,23-21-,53-49+. The van der Waals surface area contributed by atoms with Gasteiger partial charge in [-0.3, -0.25) is 9.59 Å². The smallest absolute Gasteiger partial charge is 0.305 e. The maximum atomic E-state index is 13.0. The van der Waals surface area contributed by atoms with Crippen molar-refractivity contribution in [3.8, 4) is 0 Å². The zero-order chi connectivity index (χ0) is 56.6. The number of hydrogen-bond acceptors (Lipinski definition) is 10. The summed E-state index contributed by atoms with van der Waals surface area (Å²) >= 11 is 0. The summed E-state index contributed by atoms with van der Waals surface area (Å²) in [5, 5.41) is 54.2. The Hall–Kier alpha value is -2.64. The van der Waals surface area contributed by atoms with Gasteiger partial charge >= 0.3 is 5.97 Å². The van der Waals surface area contributed by atoms with E-state index in [0.717, 1.165) is 96.3 Å². The number of hydrogen-bond donors (Lipinski definition) is 6. The van der Waals surface area contributed by atoms with Crippen LogP contribution in [0.1, 0.15) is 290 Å². The summed E-state index contributed by atoms with van der Waals surface area (Å²) in [4.78, 5) is 25.1. The molecule has 6 N–H and O–H groups in total. The Balaban J connectivity index is 1.99. The minimum absolute atomic E-state index is 0.0127. The highest BCUT2D eigenvalue weighted by molar-refractivity contribution is 5.76. The van der Waals surface area contributed by atoms with Crippen LogP contribution in [0.4, 0.5) is 0 Å². The molecule has 0 aromatic heterocycles. The average Bonchev–Trinajstić information content (AvgIpc) is 3.44. The van der Waals surface area contributed by atoms with Gasteiger partial charge in [0, 0.05) is 12.8 Å². The molecule has 11 heteroatoms. The summed E-state index contributed by atoms with van der Waals surface area (Å²) < 4.78 is 16.7. The summed E-state index contributed by atoms with van der Waals surface area (Å²) in [6, 6.07) is -0.817. The third-order valence-corrected chi connectivity index (χ3v) is 15.1. The molecule has 1 heterocycles. The third kappa shape index (κ3) is 45.0. The van der Waals surface area contributed by atoms with Crippen molar-refractivity contribution < 1.29 is 49.3 Å². The first-order valence-corrected chi connectivity index (χ1v) is 32.6. The highest BCUT2D eigenvalue weighted by Gasteiger charge is 2.44. The van der Waals surface area contributed by atoms with Crippen molar-refractivity contribution in [3.05, 3.63) is 60.8 Å². The van der Waals surface area contributed by atoms with Crippen LogP contribution >= 0.6 is 0 Å². The predicted molar refractivity (Wildman–Crippen MR) is 324 cm³/mol. The van der Waals surface area contributed by atoms with Gasteiger partial charge in [-0.2, -0.15) is 0 Å². The Kier molecular flexibility index (Phi) is 52.9. The van der Waals surface area contributed by atoms with Crippen LogP contribution in [0.3, 0.4) is 0 Å². The molecule has 11 nitrogen and oxygen atoms in total. The maximum Gasteiger partial charge on any atom is 0.305 e. The van der Waals surface area contributed by atoms with Crippen molar-refractivity contribution in [1.29, 1.82) is 0 Å². The van der Waals surface area contributed by atoms with Gasteiger partial charge in [0.1, 0.15) is 24.4 Å². The molecule has 78 heavy (non-hydrogen) atoms. The van der Waals surface area contributed by atoms with Crippen LogP contribution in [0.15, 0.2) is 60.8 Å². The number of ether oxygens (including phenoxy) is 3. The Labute approximate surface area is 478 Å². The minimum Gasteiger partial charge on any atom is -0.466 e. The third-order valence-electron chi connectivity index (χ3n) is 15.1. The summed E-state index contributed by atoms with van der Waals surface area (Å²) in [6.07, 6.45) is 63.4. The molecular weight excluding hydrogens is 979 g/mol. The summed E-state index contributed by atoms with van der Waals surface area (Å²) in [5.74, 6) is -0.208. The van der Waals surface area contributed by atoms with E-state index in [1.165, 1.54) is 167 Å². The monoisotopic (exact) mass is 1100 g/mol. The van der Waals surface area contributed by atoms with E-state index in [9.17, 15) is 35.1 Å². The molecule has 1 fully saturated rings. The van der Waals surface area contributed by atoms with Crippen LogP contribution in [0.2, 0.25) is 0 Å². The van der Waals surface area contributed by atoms with E-state index in [4.69, 9.17) is 14.2 Å². The number of carbonyl (C=O) groups excluding carboxylic acids is 2. The highest BCUT2D eigenvalue weighted by Crippen LogP contribution is 2.23. The average molecular weight is 1100 g/mol. The zero-order valence-electron chi connectivity index (χ0n) is 50.1. The lowest BCUT2D eigenvalue weighted by Crippen LogP contribution is -2.60. The molecule has 0 saturated carbocycles. The quantitative estimate of drug-likeness (QED) is 0.0195. The fourth-order valence-corrected chi connectivity index (χ4v) is 9.91. The van der Waals surface area contributed by atoms with Crippen molar-refractivity contribution in [3.63, 3.8) is 0 Å². The number of carbonyl (C=O) groups is 2. The predicted octanol–water partition coefficient (Wildman–Crippen LogP) is 15.8.